The van der Waals surface area contributed by atoms with Crippen molar-refractivity contribution in [1.82, 2.24) is 30.1 Å². The number of ether oxygens (including phenoxy) is 1. The molecule has 10 heteroatoms. The van der Waals surface area contributed by atoms with Crippen molar-refractivity contribution in [3.8, 4) is 0 Å². The molecule has 0 spiro atoms. The zero-order valence-electron chi connectivity index (χ0n) is 21.5. The number of carbonyl (C=O) groups excluding carboxylic acids is 1. The van der Waals surface area contributed by atoms with E-state index in [1.54, 1.807) is 19.1 Å². The number of carbonyl (C=O) groups is 1. The number of hydrogen-bond acceptors (Lipinski definition) is 7. The van der Waals surface area contributed by atoms with Crippen LogP contribution in [0.1, 0.15) is 54.4 Å². The maximum absolute atomic E-state index is 13.6. The number of H-pyrrole nitrogens is 1. The maximum atomic E-state index is 13.6. The summed E-state index contributed by atoms with van der Waals surface area (Å²) in [5, 5.41) is 13.0. The van der Waals surface area contributed by atoms with Gasteiger partial charge >= 0.3 is 5.97 Å². The van der Waals surface area contributed by atoms with Gasteiger partial charge in [-0.3, -0.25) is 14.5 Å². The molecule has 0 aliphatic carbocycles. The van der Waals surface area contributed by atoms with Crippen LogP contribution in [-0.2, 0) is 29.2 Å². The zero-order chi connectivity index (χ0) is 26.5. The van der Waals surface area contributed by atoms with E-state index in [1.807, 2.05) is 32.9 Å². The molecule has 0 aliphatic heterocycles. The van der Waals surface area contributed by atoms with Crippen molar-refractivity contribution in [3.05, 3.63) is 86.7 Å². The quantitative estimate of drug-likeness (QED) is 0.324. The third kappa shape index (κ3) is 6.08. The van der Waals surface area contributed by atoms with E-state index in [1.165, 1.54) is 16.8 Å². The molecule has 9 nitrogen and oxygen atoms in total. The topological polar surface area (TPSA) is 106 Å². The minimum absolute atomic E-state index is 0.119. The predicted molar refractivity (Wildman–Crippen MR) is 137 cm³/mol. The van der Waals surface area contributed by atoms with Gasteiger partial charge in [-0.2, -0.15) is 0 Å². The molecule has 1 N–H and O–H groups in total. The van der Waals surface area contributed by atoms with Gasteiger partial charge in [-0.05, 0) is 78.6 Å². The van der Waals surface area contributed by atoms with Crippen molar-refractivity contribution in [3.63, 3.8) is 0 Å². The van der Waals surface area contributed by atoms with Crippen LogP contribution in [0.25, 0.3) is 10.9 Å². The Balaban J connectivity index is 1.74. The van der Waals surface area contributed by atoms with Gasteiger partial charge in [0.1, 0.15) is 12.4 Å². The summed E-state index contributed by atoms with van der Waals surface area (Å²) in [6.07, 6.45) is 0.605. The summed E-state index contributed by atoms with van der Waals surface area (Å²) in [7, 11) is 0. The van der Waals surface area contributed by atoms with Gasteiger partial charge < -0.3 is 9.72 Å². The van der Waals surface area contributed by atoms with E-state index in [0.717, 1.165) is 27.6 Å². The maximum Gasteiger partial charge on any atom is 0.327 e. The lowest BCUT2D eigenvalue weighted by molar-refractivity contribution is -0.144. The Morgan fingerprint density at radius 2 is 1.89 bits per heavy atom. The molecule has 4 rings (SSSR count). The SMILES string of the molecule is CCOC(=O)Cn1nnnc1C(CC)N(Cc1ccc(F)cc1)Cc1cc2c(C)cc(C)cc2[nH]c1=O. The Hall–Kier alpha value is -3.92. The van der Waals surface area contributed by atoms with E-state index < -0.39 is 5.97 Å². The molecule has 194 valence electrons. The Morgan fingerprint density at radius 3 is 2.59 bits per heavy atom. The lowest BCUT2D eigenvalue weighted by Crippen LogP contribution is -2.33. The number of hydrogen-bond donors (Lipinski definition) is 1. The van der Waals surface area contributed by atoms with Gasteiger partial charge in [0.2, 0.25) is 0 Å². The van der Waals surface area contributed by atoms with Crippen molar-refractivity contribution in [2.45, 2.75) is 59.8 Å². The molecule has 4 aromatic rings. The molecular weight excluding hydrogens is 475 g/mol. The van der Waals surface area contributed by atoms with Gasteiger partial charge in [-0.25, -0.2) is 9.07 Å². The summed E-state index contributed by atoms with van der Waals surface area (Å²) in [5.74, 6) is -0.271. The third-order valence-electron chi connectivity index (χ3n) is 6.33. The first-order chi connectivity index (χ1) is 17.8. The Labute approximate surface area is 214 Å². The van der Waals surface area contributed by atoms with Crippen molar-refractivity contribution >= 4 is 16.9 Å². The Kier molecular flexibility index (Phi) is 8.08. The molecule has 2 heterocycles. The number of nitrogens with zero attached hydrogens (tertiary/aromatic N) is 5. The molecule has 37 heavy (non-hydrogen) atoms. The average molecular weight is 507 g/mol. The highest BCUT2D eigenvalue weighted by atomic mass is 19.1. The Bertz CT molecular complexity index is 1450. The number of aromatic amines is 1. The highest BCUT2D eigenvalue weighted by molar-refractivity contribution is 5.83. The summed E-state index contributed by atoms with van der Waals surface area (Å²) in [6.45, 7) is 8.59. The van der Waals surface area contributed by atoms with E-state index in [4.69, 9.17) is 4.74 Å². The number of halogens is 1. The third-order valence-corrected chi connectivity index (χ3v) is 6.33. The van der Waals surface area contributed by atoms with Crippen LogP contribution in [0.4, 0.5) is 4.39 Å². The smallest absolute Gasteiger partial charge is 0.327 e. The van der Waals surface area contributed by atoms with Crippen molar-refractivity contribution in [2.75, 3.05) is 6.61 Å². The van der Waals surface area contributed by atoms with Crippen LogP contribution in [0, 0.1) is 19.7 Å². The normalized spacial score (nSPS) is 12.3. The van der Waals surface area contributed by atoms with Gasteiger partial charge in [-0.15, -0.1) is 5.10 Å². The summed E-state index contributed by atoms with van der Waals surface area (Å²) in [5.41, 5.74) is 4.22. The minimum atomic E-state index is -0.437. The van der Waals surface area contributed by atoms with E-state index in [0.29, 0.717) is 30.9 Å². The molecular formula is C27H31FN6O3. The van der Waals surface area contributed by atoms with Crippen molar-refractivity contribution < 1.29 is 13.9 Å². The highest BCUT2D eigenvalue weighted by Crippen LogP contribution is 2.27. The molecule has 0 bridgehead atoms. The standard InChI is InChI=1S/C27H31FN6O3/c1-5-24(26-30-31-32-34(26)16-25(35)37-6-2)33(14-19-7-9-21(28)10-8-19)15-20-13-22-18(4)11-17(3)12-23(22)29-27(20)36/h7-13,24H,5-6,14-16H2,1-4H3,(H,29,36). The van der Waals surface area contributed by atoms with Crippen LogP contribution in [0.2, 0.25) is 0 Å². The number of benzene rings is 2. The van der Waals surface area contributed by atoms with Crippen molar-refractivity contribution in [2.24, 2.45) is 0 Å². The van der Waals surface area contributed by atoms with Crippen LogP contribution in [0.15, 0.2) is 47.3 Å². The summed E-state index contributed by atoms with van der Waals surface area (Å²) in [6, 6.07) is 11.9. The molecule has 0 saturated heterocycles. The van der Waals surface area contributed by atoms with Crippen LogP contribution >= 0.6 is 0 Å². The van der Waals surface area contributed by atoms with Crippen LogP contribution < -0.4 is 5.56 Å². The molecule has 0 radical (unpaired) electrons. The number of rotatable bonds is 10. The molecule has 0 amide bonds. The van der Waals surface area contributed by atoms with E-state index >= 15 is 0 Å². The summed E-state index contributed by atoms with van der Waals surface area (Å²) in [4.78, 5) is 30.4. The first-order valence-corrected chi connectivity index (χ1v) is 12.3. The number of pyridine rings is 1. The van der Waals surface area contributed by atoms with Gasteiger partial charge in [0.05, 0.1) is 12.6 Å². The van der Waals surface area contributed by atoms with Gasteiger partial charge in [0, 0.05) is 29.6 Å². The van der Waals surface area contributed by atoms with E-state index in [9.17, 15) is 14.0 Å². The van der Waals surface area contributed by atoms with Gasteiger partial charge in [-0.1, -0.05) is 25.1 Å². The summed E-state index contributed by atoms with van der Waals surface area (Å²) >= 11 is 0. The number of tetrazole rings is 1. The lowest BCUT2D eigenvalue weighted by Gasteiger charge is -2.30. The number of nitrogens with one attached hydrogen (secondary N) is 1. The Morgan fingerprint density at radius 1 is 1.14 bits per heavy atom. The zero-order valence-corrected chi connectivity index (χ0v) is 21.5. The molecule has 0 aliphatic rings. The van der Waals surface area contributed by atoms with Crippen LogP contribution in [0.5, 0.6) is 0 Å². The van der Waals surface area contributed by atoms with Crippen LogP contribution in [0.3, 0.4) is 0 Å². The first-order valence-electron chi connectivity index (χ1n) is 12.3. The largest absolute Gasteiger partial charge is 0.465 e. The van der Waals surface area contributed by atoms with E-state index in [-0.39, 0.29) is 30.6 Å². The number of aryl methyl sites for hydroxylation is 2. The number of aromatic nitrogens is 5. The second-order valence-electron chi connectivity index (χ2n) is 9.12. The highest BCUT2D eigenvalue weighted by Gasteiger charge is 2.27. The number of esters is 1. The monoisotopic (exact) mass is 506 g/mol. The first kappa shape index (κ1) is 26.2. The lowest BCUT2D eigenvalue weighted by atomic mass is 10.0. The second-order valence-corrected chi connectivity index (χ2v) is 9.12. The molecule has 2 aromatic heterocycles. The molecule has 1 atom stereocenters. The van der Waals surface area contributed by atoms with Gasteiger partial charge in [0.25, 0.3) is 5.56 Å². The second kappa shape index (κ2) is 11.4. The molecule has 1 unspecified atom stereocenters. The molecule has 0 saturated carbocycles. The van der Waals surface area contributed by atoms with Crippen molar-refractivity contribution in [1.29, 1.82) is 0 Å². The van der Waals surface area contributed by atoms with Crippen LogP contribution in [-0.4, -0.2) is 42.7 Å². The fraction of sp³-hybridized carbons (Fsp3) is 0.370. The summed E-state index contributed by atoms with van der Waals surface area (Å²) < 4.78 is 20.1. The minimum Gasteiger partial charge on any atom is -0.465 e. The fourth-order valence-corrected chi connectivity index (χ4v) is 4.65. The predicted octanol–water partition coefficient (Wildman–Crippen LogP) is 3.99. The van der Waals surface area contributed by atoms with Gasteiger partial charge in [0.15, 0.2) is 5.82 Å². The average Bonchev–Trinajstić information content (AvgIpc) is 3.29. The molecule has 0 fully saturated rings. The number of fused-ring (bicyclic) bond motifs is 1. The molecule has 2 aromatic carbocycles. The van der Waals surface area contributed by atoms with E-state index in [2.05, 4.69) is 31.5 Å². The fourth-order valence-electron chi connectivity index (χ4n) is 4.65.